The van der Waals surface area contributed by atoms with E-state index < -0.39 is 0 Å². The van der Waals surface area contributed by atoms with Gasteiger partial charge in [-0.25, -0.2) is 4.98 Å². The fraction of sp³-hybridized carbons (Fsp3) is 0.444. The van der Waals surface area contributed by atoms with Crippen LogP contribution < -0.4 is 4.74 Å². The van der Waals surface area contributed by atoms with E-state index >= 15 is 0 Å². The molecule has 0 aromatic carbocycles. The highest BCUT2D eigenvalue weighted by Crippen LogP contribution is 2.27. The Morgan fingerprint density at radius 1 is 1.64 bits per heavy atom. The molecule has 0 unspecified atom stereocenters. The summed E-state index contributed by atoms with van der Waals surface area (Å²) in [5.41, 5.74) is 0. The number of nitrogens with zero attached hydrogens (tertiary/aromatic N) is 1. The summed E-state index contributed by atoms with van der Waals surface area (Å²) in [4.78, 5) is 4.07. The molecular weight excluding hydrogens is 316 g/mol. The first-order chi connectivity index (χ1) is 6.77. The molecule has 0 bridgehead atoms. The maximum absolute atomic E-state index is 6.01. The summed E-state index contributed by atoms with van der Waals surface area (Å²) in [6.07, 6.45) is 1.69. The summed E-state index contributed by atoms with van der Waals surface area (Å²) in [5.74, 6) is 1.01. The lowest BCUT2D eigenvalue weighted by Crippen LogP contribution is -2.32. The van der Waals surface area contributed by atoms with Crippen molar-refractivity contribution in [3.05, 3.63) is 20.9 Å². The van der Waals surface area contributed by atoms with E-state index in [9.17, 15) is 0 Å². The lowest BCUT2D eigenvalue weighted by molar-refractivity contribution is -0.0514. The van der Waals surface area contributed by atoms with Crippen LogP contribution in [0.15, 0.2) is 12.3 Å². The molecule has 1 aliphatic heterocycles. The summed E-state index contributed by atoms with van der Waals surface area (Å²) < 4.78 is 11.5. The van der Waals surface area contributed by atoms with E-state index in [1.165, 1.54) is 0 Å². The van der Waals surface area contributed by atoms with E-state index in [0.717, 1.165) is 16.8 Å². The number of hydrogen-bond acceptors (Lipinski definition) is 3. The van der Waals surface area contributed by atoms with Crippen molar-refractivity contribution >= 4 is 34.2 Å². The molecule has 1 aromatic heterocycles. The topological polar surface area (TPSA) is 31.4 Å². The molecule has 76 valence electrons. The van der Waals surface area contributed by atoms with Crippen LogP contribution >= 0.6 is 34.2 Å². The minimum Gasteiger partial charge on any atom is -0.476 e. The Morgan fingerprint density at radius 3 is 3.07 bits per heavy atom. The van der Waals surface area contributed by atoms with Crippen LogP contribution in [-0.2, 0) is 4.74 Å². The van der Waals surface area contributed by atoms with E-state index in [0.29, 0.717) is 23.4 Å². The second-order valence-corrected chi connectivity index (χ2v) is 4.67. The van der Waals surface area contributed by atoms with Crippen LogP contribution in [0.1, 0.15) is 0 Å². The minimum absolute atomic E-state index is 0.491. The van der Waals surface area contributed by atoms with Crippen molar-refractivity contribution in [1.29, 1.82) is 0 Å². The highest BCUT2D eigenvalue weighted by molar-refractivity contribution is 14.1. The zero-order valence-corrected chi connectivity index (χ0v) is 10.3. The molecule has 0 N–H and O–H groups in total. The summed E-state index contributed by atoms with van der Waals surface area (Å²) in [5, 5.41) is 0.591. The predicted molar refractivity (Wildman–Crippen MR) is 61.8 cm³/mol. The summed E-state index contributed by atoms with van der Waals surface area (Å²) in [6, 6.07) is 1.85. The molecule has 14 heavy (non-hydrogen) atoms. The molecule has 1 fully saturated rings. The minimum atomic E-state index is 0.491. The monoisotopic (exact) mass is 325 g/mol. The van der Waals surface area contributed by atoms with Crippen LogP contribution in [-0.4, -0.2) is 24.8 Å². The lowest BCUT2D eigenvalue weighted by Gasteiger charge is -2.25. The van der Waals surface area contributed by atoms with Crippen LogP contribution in [0.2, 0.25) is 5.02 Å². The first-order valence-corrected chi connectivity index (χ1v) is 5.73. The second-order valence-electron chi connectivity index (χ2n) is 3.13. The molecule has 0 radical (unpaired) electrons. The smallest absolute Gasteiger partial charge is 0.233 e. The van der Waals surface area contributed by atoms with Crippen LogP contribution in [0.3, 0.4) is 0 Å². The largest absolute Gasteiger partial charge is 0.476 e. The van der Waals surface area contributed by atoms with Gasteiger partial charge in [-0.05, 0) is 28.7 Å². The second kappa shape index (κ2) is 4.63. The van der Waals surface area contributed by atoms with Gasteiger partial charge in [0.25, 0.3) is 0 Å². The number of ether oxygens (including phenoxy) is 2. The Hall–Kier alpha value is -0.0700. The fourth-order valence-electron chi connectivity index (χ4n) is 1.08. The number of pyridine rings is 1. The van der Waals surface area contributed by atoms with E-state index in [-0.39, 0.29) is 0 Å². The van der Waals surface area contributed by atoms with Crippen LogP contribution in [0.25, 0.3) is 0 Å². The van der Waals surface area contributed by atoms with Crippen molar-refractivity contribution in [2.75, 3.05) is 19.8 Å². The average molecular weight is 326 g/mol. The molecule has 0 atom stereocenters. The molecular formula is C9H9ClINO2. The van der Waals surface area contributed by atoms with Crippen molar-refractivity contribution in [3.8, 4) is 5.88 Å². The number of hydrogen-bond donors (Lipinski definition) is 0. The SMILES string of the molecule is Clc1c(I)ccnc1OCC1COC1. The Labute approximate surface area is 101 Å². The summed E-state index contributed by atoms with van der Waals surface area (Å²) in [6.45, 7) is 2.19. The molecule has 0 saturated carbocycles. The van der Waals surface area contributed by atoms with Crippen LogP contribution in [0.4, 0.5) is 0 Å². The molecule has 5 heteroatoms. The molecule has 1 aromatic rings. The molecule has 0 amide bonds. The van der Waals surface area contributed by atoms with Gasteiger partial charge >= 0.3 is 0 Å². The molecule has 1 aliphatic rings. The molecule has 2 rings (SSSR count). The zero-order chi connectivity index (χ0) is 9.97. The Bertz CT molecular complexity index is 331. The number of halogens is 2. The normalized spacial score (nSPS) is 16.4. The van der Waals surface area contributed by atoms with E-state index in [1.807, 2.05) is 6.07 Å². The van der Waals surface area contributed by atoms with Crippen LogP contribution in [0, 0.1) is 9.49 Å². The first kappa shape index (κ1) is 10.4. The van der Waals surface area contributed by atoms with Gasteiger partial charge in [-0.1, -0.05) is 11.6 Å². The highest BCUT2D eigenvalue weighted by atomic mass is 127. The number of aromatic nitrogens is 1. The Morgan fingerprint density at radius 2 is 2.43 bits per heavy atom. The first-order valence-electron chi connectivity index (χ1n) is 4.28. The molecule has 3 nitrogen and oxygen atoms in total. The third kappa shape index (κ3) is 2.29. The molecule has 0 spiro atoms. The van der Waals surface area contributed by atoms with Crippen molar-refractivity contribution < 1.29 is 9.47 Å². The molecule has 1 saturated heterocycles. The summed E-state index contributed by atoms with van der Waals surface area (Å²) >= 11 is 8.17. The number of rotatable bonds is 3. The maximum atomic E-state index is 6.01. The standard InChI is InChI=1S/C9H9ClINO2/c10-8-7(11)1-2-12-9(8)14-5-6-3-13-4-6/h1-2,6H,3-5H2. The van der Waals surface area contributed by atoms with Gasteiger partial charge in [0.05, 0.1) is 19.8 Å². The third-order valence-corrected chi connectivity index (χ3v) is 3.56. The van der Waals surface area contributed by atoms with Crippen molar-refractivity contribution in [2.24, 2.45) is 5.92 Å². The van der Waals surface area contributed by atoms with E-state index in [2.05, 4.69) is 27.6 Å². The van der Waals surface area contributed by atoms with Gasteiger partial charge in [0.1, 0.15) is 5.02 Å². The summed E-state index contributed by atoms with van der Waals surface area (Å²) in [7, 11) is 0. The van der Waals surface area contributed by atoms with E-state index in [1.54, 1.807) is 6.20 Å². The molecule has 2 heterocycles. The van der Waals surface area contributed by atoms with E-state index in [4.69, 9.17) is 21.1 Å². The Kier molecular flexibility index (Phi) is 3.46. The third-order valence-electron chi connectivity index (χ3n) is 1.97. The van der Waals surface area contributed by atoms with Gasteiger partial charge in [-0.15, -0.1) is 0 Å². The average Bonchev–Trinajstić information content (AvgIpc) is 2.09. The van der Waals surface area contributed by atoms with Gasteiger partial charge in [0, 0.05) is 15.7 Å². The quantitative estimate of drug-likeness (QED) is 0.800. The van der Waals surface area contributed by atoms with Gasteiger partial charge in [-0.3, -0.25) is 0 Å². The van der Waals surface area contributed by atoms with Gasteiger partial charge < -0.3 is 9.47 Å². The fourth-order valence-corrected chi connectivity index (χ4v) is 1.64. The van der Waals surface area contributed by atoms with Gasteiger partial charge in [0.2, 0.25) is 5.88 Å². The highest BCUT2D eigenvalue weighted by Gasteiger charge is 2.19. The van der Waals surface area contributed by atoms with Gasteiger partial charge in [-0.2, -0.15) is 0 Å². The maximum Gasteiger partial charge on any atom is 0.233 e. The Balaban J connectivity index is 1.97. The lowest BCUT2D eigenvalue weighted by atomic mass is 10.1. The zero-order valence-electron chi connectivity index (χ0n) is 7.37. The van der Waals surface area contributed by atoms with Crippen molar-refractivity contribution in [3.63, 3.8) is 0 Å². The van der Waals surface area contributed by atoms with Crippen LogP contribution in [0.5, 0.6) is 5.88 Å². The predicted octanol–water partition coefficient (Wildman–Crippen LogP) is 2.36. The molecule has 0 aliphatic carbocycles. The van der Waals surface area contributed by atoms with Gasteiger partial charge in [0.15, 0.2) is 0 Å². The van der Waals surface area contributed by atoms with Crippen molar-refractivity contribution in [1.82, 2.24) is 4.98 Å². The van der Waals surface area contributed by atoms with Crippen molar-refractivity contribution in [2.45, 2.75) is 0 Å².